The average Bonchev–Trinajstić information content (AvgIpc) is 2.19. The molecule has 0 fully saturated rings. The quantitative estimate of drug-likeness (QED) is 0.744. The lowest BCUT2D eigenvalue weighted by molar-refractivity contribution is 0.258. The van der Waals surface area contributed by atoms with Gasteiger partial charge in [0.15, 0.2) is 0 Å². The summed E-state index contributed by atoms with van der Waals surface area (Å²) in [5, 5.41) is 2.75. The molecule has 0 saturated carbocycles. The maximum absolute atomic E-state index is 10.7. The fourth-order valence-corrected chi connectivity index (χ4v) is 1.09. The molecule has 0 atom stereocenters. The highest BCUT2D eigenvalue weighted by molar-refractivity contribution is 7.81. The Kier molecular flexibility index (Phi) is 3.87. The minimum absolute atomic E-state index is 0.153. The van der Waals surface area contributed by atoms with Crippen molar-refractivity contribution in [3.8, 4) is 0 Å². The van der Waals surface area contributed by atoms with Crippen LogP contribution in [0.1, 0.15) is 0 Å². The highest BCUT2D eigenvalue weighted by Gasteiger charge is 2.07. The molecule has 0 radical (unpaired) electrons. The molecule has 0 spiro atoms. The lowest BCUT2D eigenvalue weighted by Crippen LogP contribution is -2.13. The number of nitrogens with one attached hydrogen (secondary N) is 1. The van der Waals surface area contributed by atoms with Gasteiger partial charge in [-0.05, 0) is 12.1 Å². The van der Waals surface area contributed by atoms with E-state index in [0.29, 0.717) is 0 Å². The molecule has 0 unspecified atom stereocenters. The van der Waals surface area contributed by atoms with Crippen LogP contribution in [0.25, 0.3) is 0 Å². The lowest BCUT2D eigenvalue weighted by Gasteiger charge is -2.05. The highest BCUT2D eigenvalue weighted by atomic mass is 32.3. The molecule has 0 aliphatic heterocycles. The van der Waals surface area contributed by atoms with E-state index in [1.807, 2.05) is 18.2 Å². The van der Waals surface area contributed by atoms with E-state index in [1.165, 1.54) is 0 Å². The average molecular weight is 217 g/mol. The first-order valence-electron chi connectivity index (χ1n) is 3.88. The van der Waals surface area contributed by atoms with Gasteiger partial charge in [0.05, 0.1) is 7.11 Å². The van der Waals surface area contributed by atoms with E-state index in [2.05, 4.69) is 13.7 Å². The first-order valence-corrected chi connectivity index (χ1v) is 5.21. The molecule has 1 rings (SSSR count). The van der Waals surface area contributed by atoms with Crippen LogP contribution in [0.2, 0.25) is 0 Å². The summed E-state index contributed by atoms with van der Waals surface area (Å²) in [6.45, 7) is -0.153. The Morgan fingerprint density at radius 3 is 2.50 bits per heavy atom. The van der Waals surface area contributed by atoms with E-state index in [4.69, 9.17) is 0 Å². The normalized spacial score (nSPS) is 11.2. The van der Waals surface area contributed by atoms with Crippen LogP contribution in [0.5, 0.6) is 0 Å². The third kappa shape index (κ3) is 3.73. The number of para-hydroxylation sites is 1. The van der Waals surface area contributed by atoms with Gasteiger partial charge in [-0.25, -0.2) is 4.18 Å². The number of rotatable bonds is 5. The summed E-state index contributed by atoms with van der Waals surface area (Å²) in [4.78, 5) is 0. The summed E-state index contributed by atoms with van der Waals surface area (Å²) in [6.07, 6.45) is 0. The van der Waals surface area contributed by atoms with E-state index in [-0.39, 0.29) is 6.73 Å². The van der Waals surface area contributed by atoms with E-state index < -0.39 is 10.4 Å². The van der Waals surface area contributed by atoms with Gasteiger partial charge >= 0.3 is 10.4 Å². The van der Waals surface area contributed by atoms with Crippen LogP contribution in [0.4, 0.5) is 5.69 Å². The minimum atomic E-state index is -3.85. The van der Waals surface area contributed by atoms with Crippen molar-refractivity contribution in [3.05, 3.63) is 30.3 Å². The van der Waals surface area contributed by atoms with Crippen molar-refractivity contribution in [2.75, 3.05) is 19.2 Å². The Balaban J connectivity index is 2.37. The molecule has 1 aromatic carbocycles. The molecule has 0 aliphatic rings. The second kappa shape index (κ2) is 4.94. The van der Waals surface area contributed by atoms with Gasteiger partial charge in [-0.1, -0.05) is 18.2 Å². The molecule has 14 heavy (non-hydrogen) atoms. The largest absolute Gasteiger partial charge is 0.401 e. The minimum Gasteiger partial charge on any atom is -0.361 e. The molecule has 0 heterocycles. The van der Waals surface area contributed by atoms with Crippen molar-refractivity contribution in [2.24, 2.45) is 0 Å². The monoisotopic (exact) mass is 217 g/mol. The van der Waals surface area contributed by atoms with Crippen LogP contribution in [0.15, 0.2) is 30.3 Å². The fraction of sp³-hybridized carbons (Fsp3) is 0.250. The zero-order chi connectivity index (χ0) is 10.4. The van der Waals surface area contributed by atoms with Gasteiger partial charge in [0.2, 0.25) is 0 Å². The van der Waals surface area contributed by atoms with Crippen molar-refractivity contribution in [2.45, 2.75) is 0 Å². The van der Waals surface area contributed by atoms with Crippen LogP contribution in [-0.4, -0.2) is 22.3 Å². The van der Waals surface area contributed by atoms with Crippen molar-refractivity contribution >= 4 is 16.1 Å². The molecule has 0 amide bonds. The predicted octanol–water partition coefficient (Wildman–Crippen LogP) is 0.964. The lowest BCUT2D eigenvalue weighted by atomic mass is 10.3. The van der Waals surface area contributed by atoms with Gasteiger partial charge in [0.1, 0.15) is 6.73 Å². The van der Waals surface area contributed by atoms with Crippen LogP contribution >= 0.6 is 0 Å². The summed E-state index contributed by atoms with van der Waals surface area (Å²) >= 11 is 0. The Morgan fingerprint density at radius 1 is 1.29 bits per heavy atom. The summed E-state index contributed by atoms with van der Waals surface area (Å²) in [6, 6.07) is 9.10. The highest BCUT2D eigenvalue weighted by Crippen LogP contribution is 2.04. The number of benzene rings is 1. The molecule has 5 nitrogen and oxygen atoms in total. The topological polar surface area (TPSA) is 64.6 Å². The number of anilines is 1. The van der Waals surface area contributed by atoms with E-state index in [1.54, 1.807) is 12.1 Å². The molecular formula is C8H11NO4S. The Bertz CT molecular complexity index is 362. The predicted molar refractivity (Wildman–Crippen MR) is 51.9 cm³/mol. The third-order valence-electron chi connectivity index (χ3n) is 1.46. The Labute approximate surface area is 83.0 Å². The number of hydrogen-bond acceptors (Lipinski definition) is 5. The summed E-state index contributed by atoms with van der Waals surface area (Å²) < 4.78 is 29.9. The van der Waals surface area contributed by atoms with Gasteiger partial charge in [0.25, 0.3) is 0 Å². The number of hydrogen-bond donors (Lipinski definition) is 1. The second-order valence-electron chi connectivity index (χ2n) is 2.38. The van der Waals surface area contributed by atoms with Crippen LogP contribution in [-0.2, 0) is 18.8 Å². The standard InChI is InChI=1S/C8H11NO4S/c1-12-14(10,11)13-7-9-8-5-3-2-4-6-8/h2-6,9H,7H2,1H3. The first kappa shape index (κ1) is 11.0. The third-order valence-corrected chi connectivity index (χ3v) is 2.27. The maximum Gasteiger partial charge on any atom is 0.401 e. The van der Waals surface area contributed by atoms with E-state index >= 15 is 0 Å². The second-order valence-corrected chi connectivity index (χ2v) is 3.77. The molecule has 1 N–H and O–H groups in total. The van der Waals surface area contributed by atoms with Crippen molar-refractivity contribution in [3.63, 3.8) is 0 Å². The summed E-state index contributed by atoms with van der Waals surface area (Å²) in [7, 11) is -2.81. The molecule has 0 bridgehead atoms. The molecule has 0 aromatic heterocycles. The van der Waals surface area contributed by atoms with Crippen LogP contribution in [0, 0.1) is 0 Å². The molecule has 0 saturated heterocycles. The molecule has 6 heteroatoms. The Hall–Kier alpha value is -1.11. The van der Waals surface area contributed by atoms with Crippen molar-refractivity contribution in [1.82, 2.24) is 0 Å². The summed E-state index contributed by atoms with van der Waals surface area (Å²) in [5.74, 6) is 0. The maximum atomic E-state index is 10.7. The first-order chi connectivity index (χ1) is 6.64. The van der Waals surface area contributed by atoms with Gasteiger partial charge in [-0.15, -0.1) is 0 Å². The molecule has 78 valence electrons. The van der Waals surface area contributed by atoms with E-state index in [9.17, 15) is 8.42 Å². The van der Waals surface area contributed by atoms with Gasteiger partial charge in [-0.2, -0.15) is 8.42 Å². The van der Waals surface area contributed by atoms with E-state index in [0.717, 1.165) is 12.8 Å². The van der Waals surface area contributed by atoms with Gasteiger partial charge in [0, 0.05) is 5.69 Å². The molecule has 1 aromatic rings. The van der Waals surface area contributed by atoms with Gasteiger partial charge < -0.3 is 5.32 Å². The fourth-order valence-electron chi connectivity index (χ4n) is 0.789. The van der Waals surface area contributed by atoms with Crippen molar-refractivity contribution in [1.29, 1.82) is 0 Å². The zero-order valence-electron chi connectivity index (χ0n) is 7.64. The van der Waals surface area contributed by atoms with Crippen LogP contribution in [0.3, 0.4) is 0 Å². The molecule has 0 aliphatic carbocycles. The van der Waals surface area contributed by atoms with Crippen molar-refractivity contribution < 1.29 is 16.8 Å². The zero-order valence-corrected chi connectivity index (χ0v) is 8.45. The Morgan fingerprint density at radius 2 is 1.93 bits per heavy atom. The molecular weight excluding hydrogens is 206 g/mol. The smallest absolute Gasteiger partial charge is 0.361 e. The summed E-state index contributed by atoms with van der Waals surface area (Å²) in [5.41, 5.74) is 0.777. The van der Waals surface area contributed by atoms with Crippen LogP contribution < -0.4 is 5.32 Å². The van der Waals surface area contributed by atoms with Gasteiger partial charge in [-0.3, -0.25) is 4.18 Å². The SMILES string of the molecule is COS(=O)(=O)OCNc1ccccc1.